The number of carbonyl (C=O) groups is 1. The maximum Gasteiger partial charge on any atom is 0.274 e. The number of quaternary nitrogens is 1. The summed E-state index contributed by atoms with van der Waals surface area (Å²) < 4.78 is 6.52. The molecule has 2 N–H and O–H groups in total. The van der Waals surface area contributed by atoms with E-state index >= 15 is 0 Å². The van der Waals surface area contributed by atoms with Crippen molar-refractivity contribution in [3.8, 4) is 5.75 Å². The van der Waals surface area contributed by atoms with E-state index < -0.39 is 0 Å². The molecule has 28 heavy (non-hydrogen) atoms. The van der Waals surface area contributed by atoms with Crippen LogP contribution in [0.4, 0.5) is 0 Å². The number of methoxy groups -OCH3 is 1. The number of carbonyl (C=O) groups excluding carboxylic acids is 1. The average molecular weight is 381 g/mol. The van der Waals surface area contributed by atoms with Gasteiger partial charge in [0.15, 0.2) is 5.69 Å². The Kier molecular flexibility index (Phi) is 5.75. The highest BCUT2D eigenvalue weighted by Crippen LogP contribution is 2.17. The van der Waals surface area contributed by atoms with E-state index in [1.165, 1.54) is 9.58 Å². The predicted molar refractivity (Wildman–Crippen MR) is 108 cm³/mol. The van der Waals surface area contributed by atoms with Gasteiger partial charge >= 0.3 is 0 Å². The lowest BCUT2D eigenvalue weighted by atomic mass is 10.1. The first-order valence-corrected chi connectivity index (χ1v) is 9.10. The molecule has 1 heterocycles. The zero-order chi connectivity index (χ0) is 20.3. The summed E-state index contributed by atoms with van der Waals surface area (Å²) in [4.78, 5) is 26.3. The summed E-state index contributed by atoms with van der Waals surface area (Å²) in [5.41, 5.74) is 1.09. The van der Waals surface area contributed by atoms with Gasteiger partial charge in [0.25, 0.3) is 11.5 Å². The quantitative estimate of drug-likeness (QED) is 0.654. The number of nitrogens with one attached hydrogen (secondary N) is 2. The number of nitrogens with zero attached hydrogens (tertiary/aromatic N) is 2. The van der Waals surface area contributed by atoms with Gasteiger partial charge in [0, 0.05) is 18.0 Å². The Bertz CT molecular complexity index is 1060. The summed E-state index contributed by atoms with van der Waals surface area (Å²) in [7, 11) is 7.26. The van der Waals surface area contributed by atoms with E-state index in [2.05, 4.69) is 10.4 Å². The molecular weight excluding hydrogens is 356 g/mol. The fraction of sp³-hybridized carbons (Fsp3) is 0.286. The van der Waals surface area contributed by atoms with Crippen molar-refractivity contribution >= 4 is 16.7 Å². The molecule has 0 bridgehead atoms. The van der Waals surface area contributed by atoms with Crippen molar-refractivity contribution in [2.24, 2.45) is 7.05 Å². The van der Waals surface area contributed by atoms with E-state index in [1.54, 1.807) is 38.4 Å². The number of aryl methyl sites for hydroxylation is 1. The minimum absolute atomic E-state index is 0.0397. The third-order valence-corrected chi connectivity index (χ3v) is 4.83. The number of aromatic nitrogens is 2. The Morgan fingerprint density at radius 3 is 2.57 bits per heavy atom. The molecule has 1 aromatic heterocycles. The van der Waals surface area contributed by atoms with Gasteiger partial charge in [-0.2, -0.15) is 5.10 Å². The second-order valence-electron chi connectivity index (χ2n) is 6.94. The zero-order valence-electron chi connectivity index (χ0n) is 16.5. The van der Waals surface area contributed by atoms with Gasteiger partial charge in [-0.25, -0.2) is 4.68 Å². The van der Waals surface area contributed by atoms with Crippen molar-refractivity contribution in [1.29, 1.82) is 0 Å². The van der Waals surface area contributed by atoms with Crippen molar-refractivity contribution in [3.63, 3.8) is 0 Å². The number of benzene rings is 2. The van der Waals surface area contributed by atoms with Crippen LogP contribution in [0.25, 0.3) is 10.8 Å². The van der Waals surface area contributed by atoms with Gasteiger partial charge in [0.05, 0.1) is 33.1 Å². The lowest BCUT2D eigenvalue weighted by molar-refractivity contribution is -0.890. The number of likely N-dealkylation sites (N-methyl/N-ethyl adjacent to an activating group) is 1. The molecule has 0 fully saturated rings. The molecule has 0 saturated heterocycles. The van der Waals surface area contributed by atoms with Gasteiger partial charge in [-0.05, 0) is 18.2 Å². The molecule has 0 spiro atoms. The Labute approximate surface area is 163 Å². The summed E-state index contributed by atoms with van der Waals surface area (Å²) in [5, 5.41) is 8.20. The van der Waals surface area contributed by atoms with Crippen LogP contribution in [0, 0.1) is 0 Å². The van der Waals surface area contributed by atoms with Crippen molar-refractivity contribution < 1.29 is 14.4 Å². The predicted octanol–water partition coefficient (Wildman–Crippen LogP) is 0.558. The number of ether oxygens (including phenoxy) is 1. The van der Waals surface area contributed by atoms with Crippen molar-refractivity contribution in [2.75, 3.05) is 27.7 Å². The molecule has 146 valence electrons. The molecule has 3 rings (SSSR count). The largest absolute Gasteiger partial charge is 0.497 e. The van der Waals surface area contributed by atoms with E-state index in [9.17, 15) is 9.59 Å². The van der Waals surface area contributed by atoms with Gasteiger partial charge in [-0.15, -0.1) is 0 Å². The van der Waals surface area contributed by atoms with Crippen molar-refractivity contribution in [3.05, 3.63) is 70.1 Å². The van der Waals surface area contributed by atoms with E-state index in [-0.39, 0.29) is 23.2 Å². The van der Waals surface area contributed by atoms with E-state index in [0.717, 1.165) is 11.3 Å². The number of hydrogen-bond acceptors (Lipinski definition) is 4. The molecule has 1 amide bonds. The topological polar surface area (TPSA) is 77.7 Å². The third kappa shape index (κ3) is 3.89. The fourth-order valence-electron chi connectivity index (χ4n) is 3.26. The van der Waals surface area contributed by atoms with Crippen LogP contribution in [-0.2, 0) is 7.05 Å². The molecule has 0 radical (unpaired) electrons. The van der Waals surface area contributed by atoms with Gasteiger partial charge in [-0.1, -0.05) is 30.3 Å². The van der Waals surface area contributed by atoms with Crippen LogP contribution in [0.1, 0.15) is 22.1 Å². The van der Waals surface area contributed by atoms with E-state index in [4.69, 9.17) is 4.74 Å². The molecule has 0 aliphatic rings. The third-order valence-electron chi connectivity index (χ3n) is 4.83. The average Bonchev–Trinajstić information content (AvgIpc) is 2.70. The smallest absolute Gasteiger partial charge is 0.274 e. The highest BCUT2D eigenvalue weighted by atomic mass is 16.5. The molecule has 3 aromatic rings. The lowest BCUT2D eigenvalue weighted by Gasteiger charge is -2.22. The Morgan fingerprint density at radius 2 is 1.89 bits per heavy atom. The first-order chi connectivity index (χ1) is 13.4. The Hall–Kier alpha value is -3.19. The number of fused-ring (bicyclic) bond motifs is 1. The maximum absolute atomic E-state index is 12.9. The molecule has 7 nitrogen and oxygen atoms in total. The minimum Gasteiger partial charge on any atom is -0.497 e. The molecule has 0 aliphatic heterocycles. The second-order valence-corrected chi connectivity index (χ2v) is 6.94. The Balaban J connectivity index is 1.87. The summed E-state index contributed by atoms with van der Waals surface area (Å²) in [6.45, 7) is 0.424. The second kappa shape index (κ2) is 8.22. The molecule has 0 unspecified atom stereocenters. The monoisotopic (exact) mass is 381 g/mol. The maximum atomic E-state index is 12.9. The van der Waals surface area contributed by atoms with Gasteiger partial charge in [-0.3, -0.25) is 9.59 Å². The van der Waals surface area contributed by atoms with Gasteiger partial charge in [0.1, 0.15) is 11.8 Å². The highest BCUT2D eigenvalue weighted by molar-refractivity contribution is 6.04. The molecular formula is C21H25N4O3+. The van der Waals surface area contributed by atoms with Crippen molar-refractivity contribution in [2.45, 2.75) is 6.04 Å². The zero-order valence-corrected chi connectivity index (χ0v) is 16.5. The van der Waals surface area contributed by atoms with Crippen LogP contribution < -0.4 is 20.5 Å². The van der Waals surface area contributed by atoms with Crippen LogP contribution in [-0.4, -0.2) is 43.4 Å². The highest BCUT2D eigenvalue weighted by Gasteiger charge is 2.21. The molecule has 0 aliphatic carbocycles. The summed E-state index contributed by atoms with van der Waals surface area (Å²) >= 11 is 0. The fourth-order valence-corrected chi connectivity index (χ4v) is 3.26. The summed E-state index contributed by atoms with van der Waals surface area (Å²) in [6.07, 6.45) is 0. The summed E-state index contributed by atoms with van der Waals surface area (Å²) in [5.74, 6) is 0.474. The lowest BCUT2D eigenvalue weighted by Crippen LogP contribution is -3.07. The number of rotatable bonds is 6. The minimum atomic E-state index is -0.305. The number of hydrogen-bond donors (Lipinski definition) is 2. The first-order valence-electron chi connectivity index (χ1n) is 9.10. The molecule has 7 heteroatoms. The van der Waals surface area contributed by atoms with Gasteiger partial charge in [0.2, 0.25) is 0 Å². The van der Waals surface area contributed by atoms with E-state index in [1.807, 2.05) is 38.4 Å². The van der Waals surface area contributed by atoms with Crippen LogP contribution in [0.15, 0.2) is 53.3 Å². The number of amides is 1. The van der Waals surface area contributed by atoms with Crippen molar-refractivity contribution in [1.82, 2.24) is 15.1 Å². The SMILES string of the molecule is COc1cccc([C@@H](CNC(=O)c2nn(C)c(=O)c3ccccc23)[NH+](C)C)c1. The van der Waals surface area contributed by atoms with Crippen LogP contribution in [0.2, 0.25) is 0 Å². The molecule has 1 atom stereocenters. The standard InChI is InChI=1S/C21H24N4O3/c1-24(2)18(14-8-7-9-15(12-14)28-4)13-22-20(26)19-16-10-5-6-11-17(16)21(27)25(3)23-19/h5-12,18H,13H2,1-4H3,(H,22,26)/p+1/t18-/m1/s1. The van der Waals surface area contributed by atoms with Crippen LogP contribution in [0.3, 0.4) is 0 Å². The Morgan fingerprint density at radius 1 is 1.18 bits per heavy atom. The first kappa shape index (κ1) is 19.6. The van der Waals surface area contributed by atoms with Crippen LogP contribution >= 0.6 is 0 Å². The molecule has 2 aromatic carbocycles. The van der Waals surface area contributed by atoms with Gasteiger partial charge < -0.3 is 15.0 Å². The normalized spacial score (nSPS) is 12.2. The van der Waals surface area contributed by atoms with Crippen LogP contribution in [0.5, 0.6) is 5.75 Å². The molecule has 0 saturated carbocycles. The summed E-state index contributed by atoms with van der Waals surface area (Å²) in [6, 6.07) is 14.9. The van der Waals surface area contributed by atoms with E-state index in [0.29, 0.717) is 17.3 Å².